The third-order valence-electron chi connectivity index (χ3n) is 2.48. The Bertz CT molecular complexity index is 689. The Hall–Kier alpha value is -3.02. The normalized spacial score (nSPS) is 9.76. The Kier molecular flexibility index (Phi) is 4.40. The van der Waals surface area contributed by atoms with Crippen LogP contribution < -0.4 is 10.3 Å². The van der Waals surface area contributed by atoms with E-state index in [0.29, 0.717) is 0 Å². The molecule has 0 atom stereocenters. The number of hydroxylamine groups is 1. The van der Waals surface area contributed by atoms with E-state index in [1.807, 2.05) is 24.3 Å². The molecule has 6 nitrogen and oxygen atoms in total. The zero-order valence-electron chi connectivity index (χ0n) is 11.2. The van der Waals surface area contributed by atoms with Crippen molar-refractivity contribution in [1.82, 2.24) is 5.48 Å². The number of para-hydroxylation sites is 1. The van der Waals surface area contributed by atoms with E-state index in [1.165, 1.54) is 19.1 Å². The Labute approximate surface area is 120 Å². The van der Waals surface area contributed by atoms with Crippen molar-refractivity contribution in [3.63, 3.8) is 0 Å². The van der Waals surface area contributed by atoms with Gasteiger partial charge in [-0.25, -0.2) is 4.79 Å². The number of carbonyl (C=O) groups is 2. The fraction of sp³-hybridized carbons (Fsp3) is 0.0667. The highest BCUT2D eigenvalue weighted by Crippen LogP contribution is 2.16. The molecule has 108 valence electrons. The number of benzene rings is 2. The van der Waals surface area contributed by atoms with Gasteiger partial charge in [-0.1, -0.05) is 12.1 Å². The Morgan fingerprint density at radius 1 is 1.05 bits per heavy atom. The van der Waals surface area contributed by atoms with Crippen LogP contribution in [0, 0.1) is 0 Å². The number of carbonyl (C=O) groups excluding carboxylic acids is 1. The quantitative estimate of drug-likeness (QED) is 0.723. The van der Waals surface area contributed by atoms with Crippen LogP contribution in [0.25, 0.3) is 11.2 Å². The van der Waals surface area contributed by atoms with Gasteiger partial charge in [-0.15, -0.1) is 0 Å². The summed E-state index contributed by atoms with van der Waals surface area (Å²) in [5, 5.41) is 8.74. The Morgan fingerprint density at radius 3 is 2.05 bits per heavy atom. The molecule has 2 aromatic heterocycles. The summed E-state index contributed by atoms with van der Waals surface area (Å²) in [5.74, 6) is -1.40. The molecule has 21 heavy (non-hydrogen) atoms. The molecule has 0 aliphatic carbocycles. The van der Waals surface area contributed by atoms with E-state index in [0.717, 1.165) is 11.2 Å². The topological polar surface area (TPSA) is 88.8 Å². The lowest BCUT2D eigenvalue weighted by molar-refractivity contribution is -0.125. The minimum atomic E-state index is -1.11. The first-order valence-electron chi connectivity index (χ1n) is 6.10. The van der Waals surface area contributed by atoms with Crippen molar-refractivity contribution in [2.45, 2.75) is 6.92 Å². The number of aromatic carboxylic acids is 1. The number of nitrogens with one attached hydrogen (secondary N) is 1. The molecule has 0 saturated carbocycles. The number of rotatable bonds is 3. The minimum absolute atomic E-state index is 0.00116. The van der Waals surface area contributed by atoms with Crippen LogP contribution in [0.3, 0.4) is 0 Å². The van der Waals surface area contributed by atoms with E-state index in [2.05, 4.69) is 5.48 Å². The standard InChI is InChI=1S/C9H9NO4.C6H4O/c1-6(11)10-14-8-5-3-2-4-7(8)9(12)13;1-2-6-4-3-5(1)7-6/h2-5H,1H3,(H,10,11)(H,12,13);1-4H. The van der Waals surface area contributed by atoms with Crippen molar-refractivity contribution in [3.05, 3.63) is 54.1 Å². The molecule has 2 bridgehead atoms. The summed E-state index contributed by atoms with van der Waals surface area (Å²) >= 11 is 0. The van der Waals surface area contributed by atoms with Gasteiger partial charge in [-0.3, -0.25) is 4.79 Å². The van der Waals surface area contributed by atoms with Crippen molar-refractivity contribution < 1.29 is 24.0 Å². The number of fused-ring (bicyclic) bond motifs is 2. The van der Waals surface area contributed by atoms with Crippen LogP contribution in [-0.4, -0.2) is 17.0 Å². The summed E-state index contributed by atoms with van der Waals surface area (Å²) in [6.45, 7) is 1.27. The molecule has 3 rings (SSSR count). The molecular formula is C15H13NO5. The first-order valence-corrected chi connectivity index (χ1v) is 6.10. The lowest BCUT2D eigenvalue weighted by atomic mass is 10.2. The predicted molar refractivity (Wildman–Crippen MR) is 75.2 cm³/mol. The molecule has 0 radical (unpaired) electrons. The van der Waals surface area contributed by atoms with Crippen molar-refractivity contribution >= 4 is 23.0 Å². The van der Waals surface area contributed by atoms with Crippen LogP contribution in [0.4, 0.5) is 0 Å². The molecule has 0 spiro atoms. The number of hydrogen-bond donors (Lipinski definition) is 2. The lowest BCUT2D eigenvalue weighted by Gasteiger charge is -2.06. The smallest absolute Gasteiger partial charge is 0.339 e. The molecule has 6 heteroatoms. The molecule has 0 saturated heterocycles. The molecule has 0 unspecified atom stereocenters. The second-order valence-electron chi connectivity index (χ2n) is 4.14. The Balaban J connectivity index is 0.000000189. The fourth-order valence-corrected chi connectivity index (χ4v) is 1.57. The van der Waals surface area contributed by atoms with Gasteiger partial charge in [0.15, 0.2) is 5.75 Å². The highest BCUT2D eigenvalue weighted by Gasteiger charge is 2.10. The van der Waals surface area contributed by atoms with Gasteiger partial charge < -0.3 is 14.4 Å². The number of carboxylic acids is 1. The molecule has 3 aromatic rings. The molecule has 0 fully saturated rings. The first kappa shape index (κ1) is 14.4. The molecule has 2 heterocycles. The maximum Gasteiger partial charge on any atom is 0.339 e. The summed E-state index contributed by atoms with van der Waals surface area (Å²) in [4.78, 5) is 26.0. The van der Waals surface area contributed by atoms with Crippen LogP contribution in [0.15, 0.2) is 52.9 Å². The van der Waals surface area contributed by atoms with E-state index in [1.54, 1.807) is 12.1 Å². The van der Waals surface area contributed by atoms with E-state index in [4.69, 9.17) is 14.4 Å². The van der Waals surface area contributed by atoms with E-state index < -0.39 is 11.9 Å². The third-order valence-corrected chi connectivity index (χ3v) is 2.48. The van der Waals surface area contributed by atoms with E-state index in [-0.39, 0.29) is 11.3 Å². The number of hydrogen-bond acceptors (Lipinski definition) is 4. The summed E-state index contributed by atoms with van der Waals surface area (Å²) in [7, 11) is 0. The van der Waals surface area contributed by atoms with Crippen LogP contribution in [0.2, 0.25) is 0 Å². The van der Waals surface area contributed by atoms with Crippen LogP contribution >= 0.6 is 0 Å². The van der Waals surface area contributed by atoms with Gasteiger partial charge in [0.25, 0.3) is 0 Å². The zero-order chi connectivity index (χ0) is 15.2. The van der Waals surface area contributed by atoms with Crippen molar-refractivity contribution in [3.8, 4) is 5.75 Å². The van der Waals surface area contributed by atoms with Crippen molar-refractivity contribution in [2.24, 2.45) is 0 Å². The third kappa shape index (κ3) is 3.97. The minimum Gasteiger partial charge on any atom is -0.478 e. The van der Waals surface area contributed by atoms with Gasteiger partial charge in [0.1, 0.15) is 16.7 Å². The largest absolute Gasteiger partial charge is 0.478 e. The first-order chi connectivity index (χ1) is 10.1. The number of carboxylic acid groups (broad SMARTS) is 1. The lowest BCUT2D eigenvalue weighted by Crippen LogP contribution is -2.24. The second kappa shape index (κ2) is 6.42. The van der Waals surface area contributed by atoms with E-state index >= 15 is 0 Å². The maximum absolute atomic E-state index is 10.7. The summed E-state index contributed by atoms with van der Waals surface area (Å²) in [6, 6.07) is 13.8. The van der Waals surface area contributed by atoms with Gasteiger partial charge in [0, 0.05) is 6.92 Å². The summed E-state index contributed by atoms with van der Waals surface area (Å²) in [6.07, 6.45) is 0. The molecule has 0 aliphatic rings. The van der Waals surface area contributed by atoms with Gasteiger partial charge in [-0.2, -0.15) is 5.48 Å². The summed E-state index contributed by atoms with van der Waals surface area (Å²) < 4.78 is 5.08. The summed E-state index contributed by atoms with van der Waals surface area (Å²) in [5.41, 5.74) is 3.99. The predicted octanol–water partition coefficient (Wildman–Crippen LogP) is 2.69. The molecule has 1 aromatic carbocycles. The SMILES string of the molecule is CC(=O)NOc1ccccc1C(=O)O.c1cc2ccc1o2. The second-order valence-corrected chi connectivity index (χ2v) is 4.14. The monoisotopic (exact) mass is 287 g/mol. The molecule has 1 amide bonds. The highest BCUT2D eigenvalue weighted by atomic mass is 16.7. The number of furan rings is 2. The van der Waals surface area contributed by atoms with Gasteiger partial charge in [0.2, 0.25) is 5.91 Å². The molecular weight excluding hydrogens is 274 g/mol. The van der Waals surface area contributed by atoms with Crippen LogP contribution in [0.5, 0.6) is 5.75 Å². The van der Waals surface area contributed by atoms with Crippen molar-refractivity contribution in [2.75, 3.05) is 0 Å². The van der Waals surface area contributed by atoms with Crippen LogP contribution in [-0.2, 0) is 4.79 Å². The molecule has 0 aliphatic heterocycles. The fourth-order valence-electron chi connectivity index (χ4n) is 1.57. The molecule has 2 N–H and O–H groups in total. The van der Waals surface area contributed by atoms with Crippen LogP contribution in [0.1, 0.15) is 17.3 Å². The maximum atomic E-state index is 10.7. The number of amides is 1. The average molecular weight is 287 g/mol. The van der Waals surface area contributed by atoms with E-state index in [9.17, 15) is 9.59 Å². The van der Waals surface area contributed by atoms with Gasteiger partial charge >= 0.3 is 5.97 Å². The van der Waals surface area contributed by atoms with Gasteiger partial charge in [-0.05, 0) is 36.4 Å². The zero-order valence-corrected chi connectivity index (χ0v) is 11.2. The average Bonchev–Trinajstić information content (AvgIpc) is 3.11. The van der Waals surface area contributed by atoms with Gasteiger partial charge in [0.05, 0.1) is 0 Å². The highest BCUT2D eigenvalue weighted by molar-refractivity contribution is 5.90. The Morgan fingerprint density at radius 2 is 1.62 bits per heavy atom. The van der Waals surface area contributed by atoms with Crippen molar-refractivity contribution in [1.29, 1.82) is 0 Å².